The molecule has 0 unspecified atom stereocenters. The Labute approximate surface area is 261 Å². The largest absolute Gasteiger partial charge is 0.417 e. The number of pyridine rings is 3. The van der Waals surface area contributed by atoms with E-state index in [1.54, 1.807) is 30.6 Å². The molecule has 1 fully saturated rings. The molecule has 5 heterocycles. The van der Waals surface area contributed by atoms with Gasteiger partial charge in [0.2, 0.25) is 5.91 Å². The zero-order valence-corrected chi connectivity index (χ0v) is 26.0. The van der Waals surface area contributed by atoms with Crippen molar-refractivity contribution >= 4 is 32.6 Å². The van der Waals surface area contributed by atoms with Crippen LogP contribution in [0.3, 0.4) is 0 Å². The third-order valence-electron chi connectivity index (χ3n) is 7.65. The van der Waals surface area contributed by atoms with E-state index in [9.17, 15) is 31.2 Å². The Morgan fingerprint density at radius 1 is 1.15 bits per heavy atom. The number of aromatic nitrogens is 5. The average Bonchev–Trinajstić information content (AvgIpc) is 2.99. The molecule has 0 bridgehead atoms. The van der Waals surface area contributed by atoms with Crippen LogP contribution >= 0.6 is 0 Å². The molecule has 4 aromatic rings. The minimum atomic E-state index is -4.90. The molecule has 0 N–H and O–H groups in total. The molecule has 1 aliphatic rings. The van der Waals surface area contributed by atoms with Gasteiger partial charge in [0, 0.05) is 56.1 Å². The quantitative estimate of drug-likeness (QED) is 0.221. The smallest absolute Gasteiger partial charge is 0.350 e. The Bertz CT molecular complexity index is 2050. The van der Waals surface area contributed by atoms with Crippen LogP contribution in [0.25, 0.3) is 28.0 Å². The first-order valence-corrected chi connectivity index (χ1v) is 16.0. The van der Waals surface area contributed by atoms with Crippen molar-refractivity contribution in [2.75, 3.05) is 30.8 Å². The maximum atomic E-state index is 16.0. The minimum Gasteiger partial charge on any atom is -0.350 e. The fourth-order valence-electron chi connectivity index (χ4n) is 5.54. The highest BCUT2D eigenvalue weighted by Gasteiger charge is 2.36. The summed E-state index contributed by atoms with van der Waals surface area (Å²) in [5, 5.41) is -0.0772. The number of fused-ring (bicyclic) bond motifs is 1. The van der Waals surface area contributed by atoms with Crippen molar-refractivity contribution in [3.05, 3.63) is 77.0 Å². The zero-order valence-electron chi connectivity index (χ0n) is 25.2. The van der Waals surface area contributed by atoms with E-state index >= 15 is 4.39 Å². The number of alkyl halides is 3. The Morgan fingerprint density at radius 2 is 1.87 bits per heavy atom. The van der Waals surface area contributed by atoms with Gasteiger partial charge >= 0.3 is 11.9 Å². The van der Waals surface area contributed by atoms with Crippen LogP contribution in [-0.4, -0.2) is 75.7 Å². The number of sulfone groups is 1. The zero-order chi connectivity index (χ0) is 33.7. The number of carbonyl (C=O) groups excluding carboxylic acids is 1. The second-order valence-corrected chi connectivity index (χ2v) is 13.1. The predicted molar refractivity (Wildman–Crippen MR) is 162 cm³/mol. The van der Waals surface area contributed by atoms with Crippen molar-refractivity contribution in [2.24, 2.45) is 0 Å². The Hall–Kier alpha value is -4.73. The first kappa shape index (κ1) is 32.7. The number of rotatable bonds is 6. The summed E-state index contributed by atoms with van der Waals surface area (Å²) in [6.45, 7) is 9.25. The van der Waals surface area contributed by atoms with Crippen LogP contribution in [0.2, 0.25) is 0 Å². The lowest BCUT2D eigenvalue weighted by atomic mass is 10.0. The summed E-state index contributed by atoms with van der Waals surface area (Å²) >= 11 is 0. The number of amides is 1. The normalized spacial score (nSPS) is 15.9. The first-order chi connectivity index (χ1) is 21.5. The number of carbonyl (C=O) groups is 1. The molecule has 16 heteroatoms. The van der Waals surface area contributed by atoms with E-state index in [4.69, 9.17) is 0 Å². The number of anilines is 1. The van der Waals surface area contributed by atoms with Gasteiger partial charge in [-0.3, -0.25) is 14.8 Å². The van der Waals surface area contributed by atoms with Crippen molar-refractivity contribution in [3.63, 3.8) is 0 Å². The van der Waals surface area contributed by atoms with Crippen LogP contribution in [0.4, 0.5) is 23.4 Å². The molecule has 4 aromatic heterocycles. The molecule has 0 spiro atoms. The molecule has 0 aliphatic carbocycles. The summed E-state index contributed by atoms with van der Waals surface area (Å²) in [6.07, 6.45) is 0.184. The molecule has 0 saturated carbocycles. The SMILES string of the molecule is C=CC(=O)N1CCN(c2nc(=O)n(-c3c(S(C)(=O)=O)ccnc3C(C)C)c3nc(-c4cnccc4C(F)(F)F)c(F)cc23)[C@@H](C)C1. The Balaban J connectivity index is 1.90. The summed E-state index contributed by atoms with van der Waals surface area (Å²) in [7, 11) is -4.02. The number of piperazine rings is 1. The monoisotopic (exact) mass is 659 g/mol. The second-order valence-electron chi connectivity index (χ2n) is 11.2. The molecular formula is C30H29F4N7O4S. The Kier molecular flexibility index (Phi) is 8.44. The van der Waals surface area contributed by atoms with Gasteiger partial charge in [-0.15, -0.1) is 0 Å². The maximum absolute atomic E-state index is 16.0. The first-order valence-electron chi connectivity index (χ1n) is 14.1. The molecule has 242 valence electrons. The minimum absolute atomic E-state index is 0.0365. The molecule has 0 radical (unpaired) electrons. The van der Waals surface area contributed by atoms with Gasteiger partial charge in [0.1, 0.15) is 17.3 Å². The van der Waals surface area contributed by atoms with E-state index < -0.39 is 56.3 Å². The van der Waals surface area contributed by atoms with Gasteiger partial charge in [-0.1, -0.05) is 20.4 Å². The summed E-state index contributed by atoms with van der Waals surface area (Å²) in [5.41, 5.74) is -4.06. The van der Waals surface area contributed by atoms with E-state index in [2.05, 4.69) is 26.5 Å². The van der Waals surface area contributed by atoms with Gasteiger partial charge < -0.3 is 9.80 Å². The van der Waals surface area contributed by atoms with E-state index in [0.29, 0.717) is 6.07 Å². The highest BCUT2D eigenvalue weighted by Crippen LogP contribution is 2.39. The molecule has 0 aromatic carbocycles. The van der Waals surface area contributed by atoms with E-state index in [0.717, 1.165) is 29.3 Å². The maximum Gasteiger partial charge on any atom is 0.417 e. The number of hydrogen-bond donors (Lipinski definition) is 0. The van der Waals surface area contributed by atoms with E-state index in [-0.39, 0.29) is 58.7 Å². The average molecular weight is 660 g/mol. The summed E-state index contributed by atoms with van der Waals surface area (Å²) in [4.78, 5) is 45.8. The van der Waals surface area contributed by atoms with Crippen molar-refractivity contribution in [3.8, 4) is 16.9 Å². The van der Waals surface area contributed by atoms with Crippen molar-refractivity contribution in [1.82, 2.24) is 29.4 Å². The third kappa shape index (κ3) is 5.84. The molecule has 46 heavy (non-hydrogen) atoms. The van der Waals surface area contributed by atoms with Crippen LogP contribution in [0.15, 0.2) is 59.1 Å². The lowest BCUT2D eigenvalue weighted by Gasteiger charge is -2.40. The summed E-state index contributed by atoms with van der Waals surface area (Å²) in [5.74, 6) is -1.94. The molecule has 1 saturated heterocycles. The van der Waals surface area contributed by atoms with Crippen molar-refractivity contribution in [1.29, 1.82) is 0 Å². The highest BCUT2D eigenvalue weighted by molar-refractivity contribution is 7.90. The topological polar surface area (TPSA) is 131 Å². The van der Waals surface area contributed by atoms with Gasteiger partial charge in [-0.25, -0.2) is 27.2 Å². The molecule has 1 amide bonds. The van der Waals surface area contributed by atoms with Crippen LogP contribution < -0.4 is 10.6 Å². The summed E-state index contributed by atoms with van der Waals surface area (Å²) in [6, 6.07) is 2.34. The van der Waals surface area contributed by atoms with Crippen LogP contribution in [0, 0.1) is 5.82 Å². The second kappa shape index (κ2) is 11.9. The van der Waals surface area contributed by atoms with Gasteiger partial charge in [0.15, 0.2) is 15.5 Å². The summed E-state index contributed by atoms with van der Waals surface area (Å²) < 4.78 is 84.9. The fourth-order valence-corrected chi connectivity index (χ4v) is 6.40. The van der Waals surface area contributed by atoms with Gasteiger partial charge in [-0.05, 0) is 37.1 Å². The van der Waals surface area contributed by atoms with Crippen molar-refractivity contribution < 1.29 is 30.8 Å². The van der Waals surface area contributed by atoms with Crippen LogP contribution in [0.5, 0.6) is 0 Å². The molecule has 1 atom stereocenters. The number of nitrogens with zero attached hydrogens (tertiary/aromatic N) is 7. The predicted octanol–water partition coefficient (Wildman–Crippen LogP) is 4.15. The lowest BCUT2D eigenvalue weighted by Crippen LogP contribution is -2.54. The van der Waals surface area contributed by atoms with Gasteiger partial charge in [0.05, 0.1) is 27.2 Å². The van der Waals surface area contributed by atoms with Gasteiger partial charge in [0.25, 0.3) is 0 Å². The molecule has 5 rings (SSSR count). The number of hydrogen-bond acceptors (Lipinski definition) is 9. The third-order valence-corrected chi connectivity index (χ3v) is 8.78. The van der Waals surface area contributed by atoms with E-state index in [1.807, 2.05) is 0 Å². The molecule has 1 aliphatic heterocycles. The number of halogens is 4. The Morgan fingerprint density at radius 3 is 2.48 bits per heavy atom. The highest BCUT2D eigenvalue weighted by atomic mass is 32.2. The van der Waals surface area contributed by atoms with Crippen LogP contribution in [-0.2, 0) is 20.8 Å². The van der Waals surface area contributed by atoms with E-state index in [1.165, 1.54) is 18.3 Å². The van der Waals surface area contributed by atoms with Crippen molar-refractivity contribution in [2.45, 2.75) is 43.8 Å². The standard InChI is InChI=1S/C30H29F4N7O4S/c1-6-23(42)39-11-12-40(17(4)15-39)27-18-13-21(31)25(19-14-35-9-7-20(19)30(32,33)34)37-28(18)41(29(43)38-27)26-22(46(5,44)45)8-10-36-24(26)16(2)3/h6-10,13-14,16-17H,1,11-12,15H2,2-5H3/t17-/m0/s1. The van der Waals surface area contributed by atoms with Crippen LogP contribution in [0.1, 0.15) is 37.9 Å². The van der Waals surface area contributed by atoms with Gasteiger partial charge in [-0.2, -0.15) is 18.2 Å². The lowest BCUT2D eigenvalue weighted by molar-refractivity contribution is -0.137. The molecule has 11 nitrogen and oxygen atoms in total. The fraction of sp³-hybridized carbons (Fsp3) is 0.333. The molecular weight excluding hydrogens is 630 g/mol.